The van der Waals surface area contributed by atoms with E-state index in [0.29, 0.717) is 0 Å². The van der Waals surface area contributed by atoms with Gasteiger partial charge in [0.2, 0.25) is 0 Å². The Bertz CT molecular complexity index is 606. The van der Waals surface area contributed by atoms with Crippen molar-refractivity contribution < 1.29 is 0 Å². The van der Waals surface area contributed by atoms with Crippen molar-refractivity contribution in [2.24, 2.45) is 4.99 Å². The molecule has 0 fully saturated rings. The van der Waals surface area contributed by atoms with Crippen molar-refractivity contribution in [3.8, 4) is 0 Å². The first-order valence-electron chi connectivity index (χ1n) is 8.68. The fraction of sp³-hybridized carbons (Fsp3) is 0.476. The molecule has 118 valence electrons. The van der Waals surface area contributed by atoms with Gasteiger partial charge in [-0.15, -0.1) is 0 Å². The van der Waals surface area contributed by atoms with Gasteiger partial charge >= 0.3 is 0 Å². The van der Waals surface area contributed by atoms with Crippen molar-refractivity contribution in [1.82, 2.24) is 0 Å². The van der Waals surface area contributed by atoms with Crippen molar-refractivity contribution >= 4 is 11.4 Å². The highest BCUT2D eigenvalue weighted by Crippen LogP contribution is 2.39. The number of nitrogens with zero attached hydrogens (tertiary/aromatic N) is 1. The zero-order chi connectivity index (χ0) is 16.3. The number of aryl methyl sites for hydroxylation is 2. The van der Waals surface area contributed by atoms with Gasteiger partial charge in [-0.25, -0.2) is 4.99 Å². The molecule has 0 amide bonds. The summed E-state index contributed by atoms with van der Waals surface area (Å²) < 4.78 is 0. The highest BCUT2D eigenvalue weighted by atomic mass is 14.8. The smallest absolute Gasteiger partial charge is 0.0706 e. The number of rotatable bonds is 5. The van der Waals surface area contributed by atoms with Crippen LogP contribution in [0.15, 0.2) is 45.5 Å². The minimum Gasteiger partial charge on any atom is -0.248 e. The zero-order valence-corrected chi connectivity index (χ0v) is 15.0. The molecule has 1 aliphatic rings. The standard InChI is InChI=1S/C21H29N/c1-7-16-17(8-2)19(10-4)21(18(16)9-3)22-20-14(5)12-11-13-15(20)6/h11-13H,7-10H2,1-6H3. The first kappa shape index (κ1) is 16.7. The van der Waals surface area contributed by atoms with E-state index in [1.807, 2.05) is 0 Å². The van der Waals surface area contributed by atoms with E-state index in [1.54, 1.807) is 11.1 Å². The lowest BCUT2D eigenvalue weighted by atomic mass is 9.99. The Balaban J connectivity index is 2.68. The van der Waals surface area contributed by atoms with Crippen LogP contribution in [0, 0.1) is 13.8 Å². The molecule has 0 atom stereocenters. The summed E-state index contributed by atoms with van der Waals surface area (Å²) in [6, 6.07) is 6.44. The largest absolute Gasteiger partial charge is 0.248 e. The van der Waals surface area contributed by atoms with Crippen molar-refractivity contribution in [2.45, 2.75) is 67.2 Å². The van der Waals surface area contributed by atoms with Crippen LogP contribution in [-0.4, -0.2) is 5.71 Å². The van der Waals surface area contributed by atoms with Gasteiger partial charge < -0.3 is 0 Å². The highest BCUT2D eigenvalue weighted by molar-refractivity contribution is 6.18. The number of hydrogen-bond acceptors (Lipinski definition) is 1. The topological polar surface area (TPSA) is 12.4 Å². The SMILES string of the molecule is CCC1=C(CC)C(CC)=C(CC)C1=Nc1c(C)cccc1C. The minimum atomic E-state index is 1.07. The molecule has 0 aromatic heterocycles. The molecule has 2 rings (SSSR count). The van der Waals surface area contributed by atoms with Crippen molar-refractivity contribution in [1.29, 1.82) is 0 Å². The molecule has 22 heavy (non-hydrogen) atoms. The molecule has 0 bridgehead atoms. The van der Waals surface area contributed by atoms with Crippen LogP contribution in [0.5, 0.6) is 0 Å². The van der Waals surface area contributed by atoms with E-state index in [9.17, 15) is 0 Å². The van der Waals surface area contributed by atoms with Gasteiger partial charge in [0.1, 0.15) is 0 Å². The first-order valence-corrected chi connectivity index (χ1v) is 8.68. The number of hydrogen-bond donors (Lipinski definition) is 0. The normalized spacial score (nSPS) is 15.1. The monoisotopic (exact) mass is 295 g/mol. The number of benzene rings is 1. The average molecular weight is 295 g/mol. The predicted molar refractivity (Wildman–Crippen MR) is 98.2 cm³/mol. The van der Waals surface area contributed by atoms with Crippen LogP contribution in [0.2, 0.25) is 0 Å². The molecular formula is C21H29N. The third-order valence-corrected chi connectivity index (χ3v) is 4.74. The third kappa shape index (κ3) is 2.82. The Morgan fingerprint density at radius 2 is 1.09 bits per heavy atom. The molecule has 0 spiro atoms. The van der Waals surface area contributed by atoms with Crippen LogP contribution in [-0.2, 0) is 0 Å². The van der Waals surface area contributed by atoms with Gasteiger partial charge in [0.05, 0.1) is 11.4 Å². The van der Waals surface area contributed by atoms with Gasteiger partial charge in [-0.05, 0) is 73.0 Å². The molecule has 0 aliphatic heterocycles. The van der Waals surface area contributed by atoms with Gasteiger partial charge in [-0.1, -0.05) is 45.9 Å². The Kier molecular flexibility index (Phi) is 5.39. The number of para-hydroxylation sites is 1. The third-order valence-electron chi connectivity index (χ3n) is 4.74. The second-order valence-electron chi connectivity index (χ2n) is 6.03. The molecule has 1 aliphatic carbocycles. The van der Waals surface area contributed by atoms with Crippen molar-refractivity contribution in [2.75, 3.05) is 0 Å². The molecule has 0 unspecified atom stereocenters. The van der Waals surface area contributed by atoms with Crippen LogP contribution in [0.3, 0.4) is 0 Å². The summed E-state index contributed by atoms with van der Waals surface area (Å²) in [5.41, 5.74) is 11.0. The van der Waals surface area contributed by atoms with E-state index in [1.165, 1.54) is 28.0 Å². The lowest BCUT2D eigenvalue weighted by Gasteiger charge is -2.11. The first-order chi connectivity index (χ1) is 10.6. The fourth-order valence-corrected chi connectivity index (χ4v) is 3.68. The summed E-state index contributed by atoms with van der Waals surface area (Å²) in [5.74, 6) is 0. The van der Waals surface area contributed by atoms with Crippen LogP contribution in [0.1, 0.15) is 64.5 Å². The lowest BCUT2D eigenvalue weighted by Crippen LogP contribution is -2.03. The molecule has 1 aromatic carbocycles. The molecule has 0 saturated carbocycles. The van der Waals surface area contributed by atoms with Gasteiger partial charge in [0.25, 0.3) is 0 Å². The van der Waals surface area contributed by atoms with E-state index in [4.69, 9.17) is 4.99 Å². The Hall–Kier alpha value is -1.63. The van der Waals surface area contributed by atoms with Gasteiger partial charge in [-0.2, -0.15) is 0 Å². The van der Waals surface area contributed by atoms with Crippen molar-refractivity contribution in [3.63, 3.8) is 0 Å². The minimum absolute atomic E-state index is 1.07. The fourth-order valence-electron chi connectivity index (χ4n) is 3.68. The van der Waals surface area contributed by atoms with Gasteiger partial charge in [0.15, 0.2) is 0 Å². The van der Waals surface area contributed by atoms with Crippen LogP contribution in [0.4, 0.5) is 5.69 Å². The number of aliphatic imine (C=N–C) groups is 1. The molecule has 0 saturated heterocycles. The summed E-state index contributed by atoms with van der Waals surface area (Å²) >= 11 is 0. The van der Waals surface area contributed by atoms with Crippen LogP contribution >= 0.6 is 0 Å². The highest BCUT2D eigenvalue weighted by Gasteiger charge is 2.26. The molecule has 0 heterocycles. The summed E-state index contributed by atoms with van der Waals surface area (Å²) in [5, 5.41) is 0. The maximum atomic E-state index is 5.16. The van der Waals surface area contributed by atoms with E-state index < -0.39 is 0 Å². The maximum Gasteiger partial charge on any atom is 0.0706 e. The predicted octanol–water partition coefficient (Wildman–Crippen LogP) is 6.62. The van der Waals surface area contributed by atoms with E-state index in [-0.39, 0.29) is 0 Å². The second-order valence-corrected chi connectivity index (χ2v) is 6.03. The molecule has 1 aromatic rings. The van der Waals surface area contributed by atoms with Gasteiger partial charge in [0, 0.05) is 0 Å². The quantitative estimate of drug-likeness (QED) is 0.578. The van der Waals surface area contributed by atoms with Crippen molar-refractivity contribution in [3.05, 3.63) is 51.6 Å². The maximum absolute atomic E-state index is 5.16. The molecule has 0 radical (unpaired) electrons. The van der Waals surface area contributed by atoms with Crippen LogP contribution in [0.25, 0.3) is 0 Å². The summed E-state index contributed by atoms with van der Waals surface area (Å²) in [6.07, 6.45) is 4.36. The van der Waals surface area contributed by atoms with Crippen LogP contribution < -0.4 is 0 Å². The Morgan fingerprint density at radius 3 is 1.45 bits per heavy atom. The van der Waals surface area contributed by atoms with E-state index in [2.05, 4.69) is 59.7 Å². The zero-order valence-electron chi connectivity index (χ0n) is 15.0. The molecule has 1 heteroatoms. The Morgan fingerprint density at radius 1 is 0.682 bits per heavy atom. The molecule has 0 N–H and O–H groups in total. The molecular weight excluding hydrogens is 266 g/mol. The summed E-state index contributed by atoms with van der Waals surface area (Å²) in [6.45, 7) is 13.4. The van der Waals surface area contributed by atoms with E-state index >= 15 is 0 Å². The molecule has 1 nitrogen and oxygen atoms in total. The summed E-state index contributed by atoms with van der Waals surface area (Å²) in [4.78, 5) is 5.16. The average Bonchev–Trinajstić information content (AvgIpc) is 2.82. The second kappa shape index (κ2) is 7.09. The Labute approximate surface area is 135 Å². The van der Waals surface area contributed by atoms with E-state index in [0.717, 1.165) is 31.4 Å². The number of allylic oxidation sites excluding steroid dienone is 4. The lowest BCUT2D eigenvalue weighted by molar-refractivity contribution is 0.985. The van der Waals surface area contributed by atoms with Gasteiger partial charge in [-0.3, -0.25) is 0 Å². The summed E-state index contributed by atoms with van der Waals surface area (Å²) in [7, 11) is 0.